The Balaban J connectivity index is 3.18. The fourth-order valence-corrected chi connectivity index (χ4v) is 0.915. The van der Waals surface area contributed by atoms with Crippen LogP contribution in [0.3, 0.4) is 0 Å². The normalized spacial score (nSPS) is 9.50. The van der Waals surface area contributed by atoms with Crippen molar-refractivity contribution in [3.05, 3.63) is 17.8 Å². The molecule has 0 aliphatic carbocycles. The fraction of sp³-hybridized carbons (Fsp3) is 0.125. The molecule has 0 saturated heterocycles. The number of carboxylic acid groups (broad SMARTS) is 1. The third kappa shape index (κ3) is 1.79. The van der Waals surface area contributed by atoms with Crippen molar-refractivity contribution < 1.29 is 14.7 Å². The summed E-state index contributed by atoms with van der Waals surface area (Å²) in [6.45, 7) is 0. The highest BCUT2D eigenvalue weighted by atomic mass is 16.4. The van der Waals surface area contributed by atoms with E-state index in [1.54, 1.807) is 0 Å². The molecule has 1 aromatic rings. The van der Waals surface area contributed by atoms with Crippen LogP contribution in [0.15, 0.2) is 12.3 Å². The molecular weight excluding hydrogens is 186 g/mol. The summed E-state index contributed by atoms with van der Waals surface area (Å²) < 4.78 is 0. The first-order valence-corrected chi connectivity index (χ1v) is 3.73. The molecule has 0 aliphatic rings. The number of carbonyl (C=O) groups is 2. The van der Waals surface area contributed by atoms with Crippen molar-refractivity contribution in [2.24, 2.45) is 0 Å². The van der Waals surface area contributed by atoms with Crippen LogP contribution in [0.25, 0.3) is 0 Å². The number of nitrogens with two attached hydrogens (primary N) is 1. The van der Waals surface area contributed by atoms with E-state index >= 15 is 0 Å². The second-order valence-corrected chi connectivity index (χ2v) is 2.63. The number of nitrogens with zero attached hydrogens (tertiary/aromatic N) is 2. The molecular formula is C8H9N3O3. The van der Waals surface area contributed by atoms with E-state index in [1.807, 2.05) is 0 Å². The fourth-order valence-electron chi connectivity index (χ4n) is 0.915. The number of anilines is 2. The molecule has 0 unspecified atom stereocenters. The Hall–Kier alpha value is -2.11. The number of nitrogen functional groups attached to an aromatic ring is 1. The van der Waals surface area contributed by atoms with Gasteiger partial charge in [0.05, 0.1) is 5.69 Å². The Morgan fingerprint density at radius 1 is 1.71 bits per heavy atom. The maximum atomic E-state index is 10.6. The zero-order valence-electron chi connectivity index (χ0n) is 7.47. The Morgan fingerprint density at radius 3 is 2.86 bits per heavy atom. The average molecular weight is 195 g/mol. The lowest BCUT2D eigenvalue weighted by Crippen LogP contribution is -2.25. The summed E-state index contributed by atoms with van der Waals surface area (Å²) in [6, 6.07) is 1.36. The summed E-state index contributed by atoms with van der Waals surface area (Å²) in [5.74, 6) is 0.0699. The highest BCUT2D eigenvalue weighted by Crippen LogP contribution is 2.20. The van der Waals surface area contributed by atoms with Crippen molar-refractivity contribution in [2.75, 3.05) is 17.7 Å². The van der Waals surface area contributed by atoms with E-state index in [-0.39, 0.29) is 17.1 Å². The lowest BCUT2D eigenvalue weighted by Gasteiger charge is -2.14. The number of aldehydes is 1. The van der Waals surface area contributed by atoms with E-state index in [4.69, 9.17) is 10.8 Å². The number of hydrogen-bond donors (Lipinski definition) is 2. The van der Waals surface area contributed by atoms with Crippen LogP contribution >= 0.6 is 0 Å². The minimum atomic E-state index is -1.17. The van der Waals surface area contributed by atoms with Crippen molar-refractivity contribution in [3.8, 4) is 0 Å². The number of pyridine rings is 1. The molecule has 1 heterocycles. The summed E-state index contributed by atoms with van der Waals surface area (Å²) in [5, 5.41) is 8.68. The Kier molecular flexibility index (Phi) is 2.66. The number of amides is 1. The Morgan fingerprint density at radius 2 is 2.36 bits per heavy atom. The highest BCUT2D eigenvalue weighted by Gasteiger charge is 2.12. The summed E-state index contributed by atoms with van der Waals surface area (Å²) in [4.78, 5) is 25.6. The van der Waals surface area contributed by atoms with E-state index in [9.17, 15) is 9.59 Å². The third-order valence-electron chi connectivity index (χ3n) is 1.70. The topological polar surface area (TPSA) is 96.5 Å². The van der Waals surface area contributed by atoms with Gasteiger partial charge in [0.2, 0.25) is 0 Å². The quantitative estimate of drug-likeness (QED) is 0.673. The van der Waals surface area contributed by atoms with Crippen molar-refractivity contribution in [1.82, 2.24) is 4.98 Å². The van der Waals surface area contributed by atoms with Gasteiger partial charge < -0.3 is 10.8 Å². The van der Waals surface area contributed by atoms with Crippen molar-refractivity contribution in [3.63, 3.8) is 0 Å². The number of rotatable bonds is 2. The summed E-state index contributed by atoms with van der Waals surface area (Å²) >= 11 is 0. The van der Waals surface area contributed by atoms with E-state index < -0.39 is 6.09 Å². The first-order valence-electron chi connectivity index (χ1n) is 3.73. The maximum absolute atomic E-state index is 10.6. The smallest absolute Gasteiger partial charge is 0.411 e. The average Bonchev–Trinajstić information content (AvgIpc) is 2.17. The monoisotopic (exact) mass is 195 g/mol. The molecule has 1 aromatic heterocycles. The van der Waals surface area contributed by atoms with Gasteiger partial charge in [-0.05, 0) is 6.07 Å². The molecule has 0 aliphatic heterocycles. The zero-order valence-corrected chi connectivity index (χ0v) is 7.47. The molecule has 0 radical (unpaired) electrons. The second kappa shape index (κ2) is 3.73. The molecule has 1 rings (SSSR count). The van der Waals surface area contributed by atoms with Crippen LogP contribution in [0.2, 0.25) is 0 Å². The van der Waals surface area contributed by atoms with Gasteiger partial charge in [0.1, 0.15) is 5.82 Å². The van der Waals surface area contributed by atoms with Gasteiger partial charge in [0, 0.05) is 18.8 Å². The minimum Gasteiger partial charge on any atom is -0.465 e. The highest BCUT2D eigenvalue weighted by molar-refractivity contribution is 5.90. The molecule has 0 fully saturated rings. The maximum Gasteiger partial charge on any atom is 0.411 e. The van der Waals surface area contributed by atoms with Crippen LogP contribution in [0.1, 0.15) is 10.4 Å². The molecule has 74 valence electrons. The minimum absolute atomic E-state index is 0.0699. The van der Waals surface area contributed by atoms with Crippen molar-refractivity contribution >= 4 is 23.9 Å². The first-order chi connectivity index (χ1) is 6.56. The van der Waals surface area contributed by atoms with Gasteiger partial charge in [-0.2, -0.15) is 0 Å². The lowest BCUT2D eigenvalue weighted by molar-refractivity contribution is 0.112. The van der Waals surface area contributed by atoms with Gasteiger partial charge in [0.25, 0.3) is 0 Å². The molecule has 6 nitrogen and oxygen atoms in total. The van der Waals surface area contributed by atoms with Gasteiger partial charge >= 0.3 is 6.09 Å². The Bertz CT molecular complexity index is 378. The van der Waals surface area contributed by atoms with Crippen LogP contribution in [0.5, 0.6) is 0 Å². The predicted molar refractivity (Wildman–Crippen MR) is 50.5 cm³/mol. The number of aromatic nitrogens is 1. The predicted octanol–water partition coefficient (Wildman–Crippen LogP) is 0.591. The van der Waals surface area contributed by atoms with E-state index in [0.29, 0.717) is 6.29 Å². The molecule has 0 saturated carbocycles. The lowest BCUT2D eigenvalue weighted by atomic mass is 10.2. The zero-order chi connectivity index (χ0) is 10.7. The number of hydrogen-bond acceptors (Lipinski definition) is 4. The van der Waals surface area contributed by atoms with Crippen LogP contribution < -0.4 is 10.6 Å². The number of carbonyl (C=O) groups excluding carboxylic acids is 1. The molecule has 0 spiro atoms. The van der Waals surface area contributed by atoms with Crippen molar-refractivity contribution in [2.45, 2.75) is 0 Å². The third-order valence-corrected chi connectivity index (χ3v) is 1.70. The van der Waals surface area contributed by atoms with Gasteiger partial charge in [0.15, 0.2) is 6.29 Å². The van der Waals surface area contributed by atoms with E-state index in [0.717, 1.165) is 4.90 Å². The van der Waals surface area contributed by atoms with Gasteiger partial charge in [-0.15, -0.1) is 0 Å². The molecule has 14 heavy (non-hydrogen) atoms. The van der Waals surface area contributed by atoms with Crippen LogP contribution in [0.4, 0.5) is 16.3 Å². The standard InChI is InChI=1S/C8H9N3O3/c1-11(8(13)14)6-2-5(4-12)3-10-7(6)9/h2-4H,1H3,(H2,9,10)(H,13,14). The SMILES string of the molecule is CN(C(=O)O)c1cc(C=O)cnc1N. The van der Waals surface area contributed by atoms with Crippen molar-refractivity contribution in [1.29, 1.82) is 0 Å². The van der Waals surface area contributed by atoms with E-state index in [1.165, 1.54) is 19.3 Å². The van der Waals surface area contributed by atoms with E-state index in [2.05, 4.69) is 4.98 Å². The van der Waals surface area contributed by atoms with Crippen LogP contribution in [0, 0.1) is 0 Å². The van der Waals surface area contributed by atoms with Gasteiger partial charge in [-0.3, -0.25) is 9.69 Å². The summed E-state index contributed by atoms with van der Waals surface area (Å²) in [7, 11) is 1.32. The molecule has 0 aromatic carbocycles. The van der Waals surface area contributed by atoms with Crippen LogP contribution in [-0.4, -0.2) is 29.5 Å². The van der Waals surface area contributed by atoms with Gasteiger partial charge in [-0.1, -0.05) is 0 Å². The van der Waals surface area contributed by atoms with Crippen LogP contribution in [-0.2, 0) is 0 Å². The molecule has 3 N–H and O–H groups in total. The second-order valence-electron chi connectivity index (χ2n) is 2.63. The molecule has 0 atom stereocenters. The molecule has 0 bridgehead atoms. The molecule has 6 heteroatoms. The molecule has 1 amide bonds. The Labute approximate surface area is 80.0 Å². The largest absolute Gasteiger partial charge is 0.465 e. The summed E-state index contributed by atoms with van der Waals surface area (Å²) in [6.07, 6.45) is 0.689. The first kappa shape index (κ1) is 9.97. The van der Waals surface area contributed by atoms with Gasteiger partial charge in [-0.25, -0.2) is 9.78 Å². The summed E-state index contributed by atoms with van der Waals surface area (Å²) in [5.41, 5.74) is 5.93.